The van der Waals surface area contributed by atoms with Crippen molar-refractivity contribution >= 4 is 34.8 Å². The first-order chi connectivity index (χ1) is 29.8. The summed E-state index contributed by atoms with van der Waals surface area (Å²) in [4.78, 5) is 33.9. The number of halogens is 9. The minimum absolute atomic E-state index is 0.0172. The van der Waals surface area contributed by atoms with Crippen molar-refractivity contribution in [1.29, 1.82) is 0 Å². The van der Waals surface area contributed by atoms with Gasteiger partial charge in [0.05, 0.1) is 33.8 Å². The van der Waals surface area contributed by atoms with E-state index < -0.39 is 53.0 Å². The summed E-state index contributed by atoms with van der Waals surface area (Å²) in [6.07, 6.45) is -12.0. The van der Waals surface area contributed by atoms with E-state index in [1.165, 1.54) is 75.4 Å². The highest BCUT2D eigenvalue weighted by Crippen LogP contribution is 2.35. The lowest BCUT2D eigenvalue weighted by Gasteiger charge is -2.12. The number of aromatic carboxylic acids is 1. The zero-order chi connectivity index (χ0) is 48.2. The molecule has 0 bridgehead atoms. The SMILES string of the molecule is CCc1cc(C(=O)Nc2ccc(C)c(C(F)(F)F)c2)on1.CCc1cc(C(=O)O)on1.Cc1ccc(N)cc1C(F)(F)F.Cc1ccc(NC(=O)c2cc(CN)no2)cc1C(F)(F)F. The Balaban J connectivity index is 0.000000237. The molecule has 3 aromatic carbocycles. The van der Waals surface area contributed by atoms with Gasteiger partial charge in [-0.2, -0.15) is 39.5 Å². The van der Waals surface area contributed by atoms with E-state index in [1.807, 2.05) is 13.8 Å². The monoisotopic (exact) mass is 913 g/mol. The van der Waals surface area contributed by atoms with Gasteiger partial charge in [-0.3, -0.25) is 9.59 Å². The molecule has 23 heteroatoms. The summed E-state index contributed by atoms with van der Waals surface area (Å²) in [6, 6.07) is 15.1. The second-order valence-corrected chi connectivity index (χ2v) is 13.3. The van der Waals surface area contributed by atoms with Gasteiger partial charge in [-0.25, -0.2) is 4.79 Å². The van der Waals surface area contributed by atoms with E-state index >= 15 is 0 Å². The van der Waals surface area contributed by atoms with Crippen molar-refractivity contribution in [3.8, 4) is 0 Å². The molecule has 0 saturated carbocycles. The number of nitrogens with zero attached hydrogens (tertiary/aromatic N) is 3. The summed E-state index contributed by atoms with van der Waals surface area (Å²) in [6.45, 7) is 7.93. The van der Waals surface area contributed by atoms with Crippen LogP contribution in [-0.2, 0) is 37.9 Å². The Morgan fingerprint density at radius 1 is 0.562 bits per heavy atom. The molecule has 0 aliphatic carbocycles. The fourth-order valence-electron chi connectivity index (χ4n) is 5.02. The zero-order valence-corrected chi connectivity index (χ0v) is 34.3. The Morgan fingerprint density at radius 2 is 0.906 bits per heavy atom. The molecular formula is C41H40F9N7O7. The number of anilines is 3. The molecule has 0 aliphatic rings. The van der Waals surface area contributed by atoms with Crippen LogP contribution in [0, 0.1) is 20.8 Å². The quantitative estimate of drug-likeness (QED) is 0.0710. The molecule has 64 heavy (non-hydrogen) atoms. The average molecular weight is 914 g/mol. The third-order valence-electron chi connectivity index (χ3n) is 8.44. The Morgan fingerprint density at radius 3 is 1.22 bits per heavy atom. The summed E-state index contributed by atoms with van der Waals surface area (Å²) in [7, 11) is 0. The number of amides is 2. The fourth-order valence-corrected chi connectivity index (χ4v) is 5.02. The number of rotatable bonds is 8. The molecule has 0 atom stereocenters. The van der Waals surface area contributed by atoms with E-state index in [2.05, 4.69) is 30.6 Å². The van der Waals surface area contributed by atoms with Crippen molar-refractivity contribution in [2.75, 3.05) is 16.4 Å². The van der Waals surface area contributed by atoms with E-state index in [4.69, 9.17) is 25.6 Å². The van der Waals surface area contributed by atoms with Gasteiger partial charge in [0.15, 0.2) is 0 Å². The summed E-state index contributed by atoms with van der Waals surface area (Å²) >= 11 is 0. The maximum absolute atomic E-state index is 12.8. The van der Waals surface area contributed by atoms with E-state index in [-0.39, 0.29) is 57.6 Å². The topological polar surface area (TPSA) is 226 Å². The summed E-state index contributed by atoms with van der Waals surface area (Å²) in [5.41, 5.74) is 10.5. The Labute approximate surface area is 357 Å². The molecule has 3 heterocycles. The molecule has 7 N–H and O–H groups in total. The number of alkyl halides is 9. The number of carboxylic acid groups (broad SMARTS) is 1. The summed E-state index contributed by atoms with van der Waals surface area (Å²) < 4.78 is 127. The Hall–Kier alpha value is -7.17. The highest BCUT2D eigenvalue weighted by molar-refractivity contribution is 6.03. The van der Waals surface area contributed by atoms with Crippen LogP contribution in [0.4, 0.5) is 56.6 Å². The molecule has 0 fully saturated rings. The number of nitrogens with one attached hydrogen (secondary N) is 2. The number of hydrogen-bond donors (Lipinski definition) is 5. The highest BCUT2D eigenvalue weighted by Gasteiger charge is 2.34. The minimum Gasteiger partial charge on any atom is -0.475 e. The second-order valence-electron chi connectivity index (χ2n) is 13.3. The van der Waals surface area contributed by atoms with Crippen molar-refractivity contribution < 1.29 is 72.6 Å². The van der Waals surface area contributed by atoms with Crippen LogP contribution in [0.2, 0.25) is 0 Å². The molecular weight excluding hydrogens is 873 g/mol. The predicted molar refractivity (Wildman–Crippen MR) is 212 cm³/mol. The second kappa shape index (κ2) is 21.8. The number of nitrogen functional groups attached to an aromatic ring is 1. The molecule has 6 rings (SSSR count). The van der Waals surface area contributed by atoms with E-state index in [0.29, 0.717) is 29.9 Å². The summed E-state index contributed by atoms with van der Waals surface area (Å²) in [5.74, 6) is -2.67. The van der Waals surface area contributed by atoms with Gasteiger partial charge in [-0.15, -0.1) is 0 Å². The lowest BCUT2D eigenvalue weighted by Crippen LogP contribution is -2.13. The number of carboxylic acids is 1. The van der Waals surface area contributed by atoms with Crippen molar-refractivity contribution in [2.24, 2.45) is 5.73 Å². The molecule has 0 unspecified atom stereocenters. The van der Waals surface area contributed by atoms with Gasteiger partial charge in [0, 0.05) is 41.8 Å². The first-order valence-electron chi connectivity index (χ1n) is 18.5. The van der Waals surface area contributed by atoms with Gasteiger partial charge in [-0.1, -0.05) is 47.5 Å². The van der Waals surface area contributed by atoms with Gasteiger partial charge < -0.3 is 40.8 Å². The fraction of sp³-hybridized carbons (Fsp3) is 0.268. The highest BCUT2D eigenvalue weighted by atomic mass is 19.4. The van der Waals surface area contributed by atoms with Crippen LogP contribution in [0.15, 0.2) is 86.4 Å². The van der Waals surface area contributed by atoms with E-state index in [0.717, 1.165) is 18.2 Å². The van der Waals surface area contributed by atoms with Crippen LogP contribution in [0.5, 0.6) is 0 Å². The maximum Gasteiger partial charge on any atom is 0.416 e. The van der Waals surface area contributed by atoms with Crippen LogP contribution >= 0.6 is 0 Å². The van der Waals surface area contributed by atoms with Gasteiger partial charge in [0.1, 0.15) is 0 Å². The smallest absolute Gasteiger partial charge is 0.416 e. The van der Waals surface area contributed by atoms with Gasteiger partial charge in [0.25, 0.3) is 11.8 Å². The number of nitrogens with two attached hydrogens (primary N) is 2. The van der Waals surface area contributed by atoms with Crippen LogP contribution in [0.3, 0.4) is 0 Å². The normalized spacial score (nSPS) is 11.2. The number of hydrogen-bond acceptors (Lipinski definition) is 11. The average Bonchev–Trinajstić information content (AvgIpc) is 4.02. The molecule has 2 amide bonds. The minimum atomic E-state index is -4.48. The van der Waals surface area contributed by atoms with Crippen molar-refractivity contribution in [3.63, 3.8) is 0 Å². The van der Waals surface area contributed by atoms with Crippen molar-refractivity contribution in [2.45, 2.75) is 72.5 Å². The zero-order valence-electron chi connectivity index (χ0n) is 34.3. The molecule has 6 aromatic rings. The number of benzene rings is 3. The molecule has 14 nitrogen and oxygen atoms in total. The molecule has 0 spiro atoms. The first-order valence-corrected chi connectivity index (χ1v) is 18.5. The Bertz CT molecular complexity index is 2410. The number of aryl methyl sites for hydroxylation is 5. The van der Waals surface area contributed by atoms with Crippen LogP contribution < -0.4 is 22.1 Å². The number of carbonyl (C=O) groups excluding carboxylic acids is 2. The Kier molecular flexibility index (Phi) is 17.4. The van der Waals surface area contributed by atoms with Gasteiger partial charge in [0.2, 0.25) is 17.3 Å². The van der Waals surface area contributed by atoms with Crippen molar-refractivity contribution in [3.05, 3.63) is 141 Å². The van der Waals surface area contributed by atoms with Crippen LogP contribution in [-0.4, -0.2) is 38.4 Å². The van der Waals surface area contributed by atoms with Gasteiger partial charge in [-0.05, 0) is 86.7 Å². The standard InChI is InChI=1S/C14H13F3N2O2.C13H12F3N3O2.C8H8F3N.C6H7NO3/c1-3-9-7-12(21-19-9)13(20)18-10-5-4-8(2)11(6-10)14(15,16)17;1-7-2-3-8(4-10(7)13(14,15)16)18-12(20)11-5-9(6-17)19-21-11;1-5-2-3-6(12)4-7(5)8(9,10)11;1-2-4-3-5(6(8)9)10-7-4/h4-7H,3H2,1-2H3,(H,18,20);2-5H,6,17H2,1H3,(H,18,20);2-4H,12H2,1H3;3H,2H2,1H3,(H,8,9). The third-order valence-corrected chi connectivity index (χ3v) is 8.44. The number of aromatic nitrogens is 3. The summed E-state index contributed by atoms with van der Waals surface area (Å²) in [5, 5.41) is 23.7. The third kappa shape index (κ3) is 15.0. The lowest BCUT2D eigenvalue weighted by molar-refractivity contribution is -0.138. The molecule has 0 radical (unpaired) electrons. The van der Waals surface area contributed by atoms with Crippen LogP contribution in [0.25, 0.3) is 0 Å². The largest absolute Gasteiger partial charge is 0.475 e. The number of carbonyl (C=O) groups is 3. The van der Waals surface area contributed by atoms with E-state index in [1.54, 1.807) is 0 Å². The lowest BCUT2D eigenvalue weighted by atomic mass is 10.1. The van der Waals surface area contributed by atoms with Crippen molar-refractivity contribution in [1.82, 2.24) is 15.5 Å². The molecule has 0 aliphatic heterocycles. The molecule has 3 aromatic heterocycles. The van der Waals surface area contributed by atoms with E-state index in [9.17, 15) is 53.9 Å². The predicted octanol–water partition coefficient (Wildman–Crippen LogP) is 10.1. The molecule has 344 valence electrons. The van der Waals surface area contributed by atoms with Crippen LogP contribution in [0.1, 0.15) is 96.0 Å². The first kappa shape index (κ1) is 51.2. The van der Waals surface area contributed by atoms with Gasteiger partial charge >= 0.3 is 24.5 Å². The maximum atomic E-state index is 12.8. The molecule has 0 saturated heterocycles.